The number of aryl methyl sites for hydroxylation is 1. The zero-order valence-corrected chi connectivity index (χ0v) is 23.4. The van der Waals surface area contributed by atoms with E-state index in [1.54, 1.807) is 12.4 Å². The Morgan fingerprint density at radius 3 is 2.46 bits per heavy atom. The maximum absolute atomic E-state index is 13.7. The molecule has 5 rings (SSSR count). The number of hydrogen-bond donors (Lipinski definition) is 2. The minimum absolute atomic E-state index is 0.0888. The molecule has 41 heavy (non-hydrogen) atoms. The first-order chi connectivity index (χ1) is 20.0. The molecule has 1 saturated heterocycles. The smallest absolute Gasteiger partial charge is 0.311 e. The zero-order valence-electron chi connectivity index (χ0n) is 23.4. The third-order valence-corrected chi connectivity index (χ3v) is 7.24. The molecular formula is C33H35N5O3. The molecule has 1 atom stereocenters. The number of ether oxygens (including phenoxy) is 1. The fourth-order valence-electron chi connectivity index (χ4n) is 5.09. The van der Waals surface area contributed by atoms with Gasteiger partial charge in [-0.25, -0.2) is 0 Å². The number of amides is 1. The average Bonchev–Trinajstić information content (AvgIpc) is 2.97. The summed E-state index contributed by atoms with van der Waals surface area (Å²) in [5.74, 6) is -0.375. The van der Waals surface area contributed by atoms with Crippen molar-refractivity contribution < 1.29 is 14.3 Å². The van der Waals surface area contributed by atoms with Crippen LogP contribution in [0.25, 0.3) is 11.1 Å². The Kier molecular flexibility index (Phi) is 9.13. The summed E-state index contributed by atoms with van der Waals surface area (Å²) in [6.45, 7) is 4.42. The average molecular weight is 550 g/mol. The monoisotopic (exact) mass is 549 g/mol. The van der Waals surface area contributed by atoms with E-state index in [0.717, 1.165) is 39.3 Å². The van der Waals surface area contributed by atoms with E-state index in [4.69, 9.17) is 4.74 Å². The summed E-state index contributed by atoms with van der Waals surface area (Å²) in [4.78, 5) is 36.5. The lowest BCUT2D eigenvalue weighted by Gasteiger charge is -2.37. The number of esters is 1. The lowest BCUT2D eigenvalue weighted by molar-refractivity contribution is -0.151. The van der Waals surface area contributed by atoms with Crippen LogP contribution < -0.4 is 10.6 Å². The largest absolute Gasteiger partial charge is 0.469 e. The number of likely N-dealkylation sites (tertiary alicyclic amines) is 1. The fourth-order valence-corrected chi connectivity index (χ4v) is 5.09. The predicted molar refractivity (Wildman–Crippen MR) is 159 cm³/mol. The van der Waals surface area contributed by atoms with Crippen molar-refractivity contribution in [1.29, 1.82) is 0 Å². The number of nitrogens with one attached hydrogen (secondary N) is 2. The molecule has 1 amide bonds. The fraction of sp³-hybridized carbons (Fsp3) is 0.273. The molecule has 4 aromatic rings. The van der Waals surface area contributed by atoms with Gasteiger partial charge in [0, 0.05) is 50.0 Å². The first-order valence-electron chi connectivity index (χ1n) is 13.8. The van der Waals surface area contributed by atoms with Crippen molar-refractivity contribution in [2.75, 3.05) is 25.5 Å². The topological polar surface area (TPSA) is 96.5 Å². The second kappa shape index (κ2) is 13.3. The summed E-state index contributed by atoms with van der Waals surface area (Å²) in [7, 11) is 1.43. The number of anilines is 1. The number of aromatic nitrogens is 2. The van der Waals surface area contributed by atoms with Crippen LogP contribution in [0.1, 0.15) is 22.5 Å². The Labute approximate surface area is 240 Å². The van der Waals surface area contributed by atoms with Crippen LogP contribution in [0.3, 0.4) is 0 Å². The maximum Gasteiger partial charge on any atom is 0.311 e. The van der Waals surface area contributed by atoms with Gasteiger partial charge in [0.2, 0.25) is 5.91 Å². The summed E-state index contributed by atoms with van der Waals surface area (Å²) in [5.41, 5.74) is 6.66. The lowest BCUT2D eigenvalue weighted by atomic mass is 9.97. The van der Waals surface area contributed by atoms with Gasteiger partial charge in [0.1, 0.15) is 0 Å². The summed E-state index contributed by atoms with van der Waals surface area (Å²) in [6, 6.07) is 25.4. The predicted octanol–water partition coefficient (Wildman–Crippen LogP) is 4.40. The molecule has 0 saturated carbocycles. The molecule has 1 aliphatic heterocycles. The molecule has 1 unspecified atom stereocenters. The normalized spacial score (nSPS) is 14.2. The van der Waals surface area contributed by atoms with Gasteiger partial charge in [-0.05, 0) is 78.1 Å². The van der Waals surface area contributed by atoms with Gasteiger partial charge in [-0.2, -0.15) is 0 Å². The minimum atomic E-state index is -0.467. The zero-order chi connectivity index (χ0) is 28.6. The second-order valence-electron chi connectivity index (χ2n) is 10.5. The quantitative estimate of drug-likeness (QED) is 0.268. The van der Waals surface area contributed by atoms with Crippen LogP contribution in [0.5, 0.6) is 0 Å². The van der Waals surface area contributed by atoms with Crippen LogP contribution in [0.4, 0.5) is 5.69 Å². The van der Waals surface area contributed by atoms with Crippen molar-refractivity contribution in [1.82, 2.24) is 20.2 Å². The molecule has 210 valence electrons. The number of benzene rings is 2. The number of rotatable bonds is 11. The molecule has 1 aliphatic rings. The second-order valence-corrected chi connectivity index (χ2v) is 10.5. The van der Waals surface area contributed by atoms with Crippen molar-refractivity contribution in [2.24, 2.45) is 5.92 Å². The molecule has 3 heterocycles. The maximum atomic E-state index is 13.7. The van der Waals surface area contributed by atoms with E-state index in [0.29, 0.717) is 32.6 Å². The van der Waals surface area contributed by atoms with Crippen molar-refractivity contribution in [2.45, 2.75) is 32.5 Å². The van der Waals surface area contributed by atoms with Crippen molar-refractivity contribution in [3.05, 3.63) is 114 Å². The number of nitrogens with zero attached hydrogens (tertiary/aromatic N) is 3. The van der Waals surface area contributed by atoms with Crippen molar-refractivity contribution >= 4 is 17.6 Å². The van der Waals surface area contributed by atoms with E-state index >= 15 is 0 Å². The highest BCUT2D eigenvalue weighted by Gasteiger charge is 2.33. The molecule has 2 N–H and O–H groups in total. The molecule has 0 radical (unpaired) electrons. The third-order valence-electron chi connectivity index (χ3n) is 7.24. The molecule has 2 aromatic carbocycles. The van der Waals surface area contributed by atoms with Gasteiger partial charge in [0.05, 0.1) is 24.8 Å². The molecule has 2 aromatic heterocycles. The van der Waals surface area contributed by atoms with Gasteiger partial charge in [-0.3, -0.25) is 29.8 Å². The highest BCUT2D eigenvalue weighted by atomic mass is 16.5. The molecule has 0 spiro atoms. The van der Waals surface area contributed by atoms with Crippen LogP contribution in [-0.4, -0.2) is 53.0 Å². The number of methoxy groups -OCH3 is 1. The Bertz CT molecular complexity index is 1470. The summed E-state index contributed by atoms with van der Waals surface area (Å²) >= 11 is 0. The molecule has 8 nitrogen and oxygen atoms in total. The van der Waals surface area contributed by atoms with Gasteiger partial charge in [-0.1, -0.05) is 36.4 Å². The Morgan fingerprint density at radius 2 is 1.73 bits per heavy atom. The van der Waals surface area contributed by atoms with E-state index in [-0.39, 0.29) is 17.8 Å². The van der Waals surface area contributed by atoms with Gasteiger partial charge in [0.15, 0.2) is 0 Å². The van der Waals surface area contributed by atoms with Crippen LogP contribution >= 0.6 is 0 Å². The molecule has 0 bridgehead atoms. The van der Waals surface area contributed by atoms with Gasteiger partial charge >= 0.3 is 5.97 Å². The van der Waals surface area contributed by atoms with E-state index in [9.17, 15) is 9.59 Å². The van der Waals surface area contributed by atoms with Crippen LogP contribution in [0.15, 0.2) is 91.3 Å². The van der Waals surface area contributed by atoms with Crippen molar-refractivity contribution in [3.8, 4) is 11.1 Å². The van der Waals surface area contributed by atoms with Gasteiger partial charge in [0.25, 0.3) is 0 Å². The first kappa shape index (κ1) is 28.1. The van der Waals surface area contributed by atoms with Crippen LogP contribution in [0.2, 0.25) is 0 Å². The van der Waals surface area contributed by atoms with Crippen molar-refractivity contribution in [3.63, 3.8) is 0 Å². The molecular weight excluding hydrogens is 514 g/mol. The third kappa shape index (κ3) is 7.63. The highest BCUT2D eigenvalue weighted by molar-refractivity contribution is 5.95. The van der Waals surface area contributed by atoms with E-state index in [2.05, 4.69) is 31.6 Å². The standard InChI is InChI=1S/C33H35N5O3/c1-23-14-26(11-13-34-23)27-15-25(20-38-21-28(22-38)33(40)41-2)16-30(18-27)37-32(39)31(17-24-8-4-3-5-9-24)36-19-29-10-6-7-12-35-29/h3-16,18,28,31,36H,17,19-22H2,1-2H3,(H,37,39). The number of carbonyl (C=O) groups excluding carboxylic acids is 2. The van der Waals surface area contributed by atoms with E-state index in [1.807, 2.05) is 79.7 Å². The lowest BCUT2D eigenvalue weighted by Crippen LogP contribution is -2.50. The summed E-state index contributed by atoms with van der Waals surface area (Å²) < 4.78 is 4.89. The Morgan fingerprint density at radius 1 is 0.927 bits per heavy atom. The number of pyridine rings is 2. The van der Waals surface area contributed by atoms with E-state index < -0.39 is 6.04 Å². The molecule has 8 heteroatoms. The van der Waals surface area contributed by atoms with Gasteiger partial charge in [-0.15, -0.1) is 0 Å². The minimum Gasteiger partial charge on any atom is -0.469 e. The number of hydrogen-bond acceptors (Lipinski definition) is 7. The molecule has 1 fully saturated rings. The summed E-state index contributed by atoms with van der Waals surface area (Å²) in [6.07, 6.45) is 4.09. The van der Waals surface area contributed by atoms with Crippen LogP contribution in [-0.2, 0) is 33.8 Å². The molecule has 0 aliphatic carbocycles. The Hall–Kier alpha value is -4.40. The SMILES string of the molecule is COC(=O)C1CN(Cc2cc(NC(=O)C(Cc3ccccc3)NCc3ccccn3)cc(-c3ccnc(C)c3)c2)C1. The summed E-state index contributed by atoms with van der Waals surface area (Å²) in [5, 5.41) is 6.59. The Balaban J connectivity index is 1.37. The van der Waals surface area contributed by atoms with E-state index in [1.165, 1.54) is 7.11 Å². The van der Waals surface area contributed by atoms with Crippen LogP contribution in [0, 0.1) is 12.8 Å². The highest BCUT2D eigenvalue weighted by Crippen LogP contribution is 2.28. The number of carbonyl (C=O) groups is 2. The van der Waals surface area contributed by atoms with Gasteiger partial charge < -0.3 is 10.1 Å². The first-order valence-corrected chi connectivity index (χ1v) is 13.8.